The summed E-state index contributed by atoms with van der Waals surface area (Å²) in [4.78, 5) is 22.4. The number of methoxy groups -OCH3 is 1. The zero-order chi connectivity index (χ0) is 21.8. The molecular weight excluding hydrogens is 398 g/mol. The van der Waals surface area contributed by atoms with Crippen LogP contribution in [0.25, 0.3) is 11.3 Å². The van der Waals surface area contributed by atoms with Crippen molar-refractivity contribution in [2.75, 3.05) is 37.1 Å². The van der Waals surface area contributed by atoms with E-state index in [1.165, 1.54) is 0 Å². The fourth-order valence-corrected chi connectivity index (χ4v) is 3.26. The van der Waals surface area contributed by atoms with Gasteiger partial charge in [-0.1, -0.05) is 6.07 Å². The third kappa shape index (κ3) is 4.77. The van der Waals surface area contributed by atoms with Gasteiger partial charge in [0.1, 0.15) is 18.2 Å². The standard InChI is InChI=1S/C22H25N5O4/c1-14-4-5-17(30-9-8-29-3)11-18(14)26-21-24-12-19(31-21)16-6-7-23-20(10-16)27-13-15(2)25-22(27)28/h4-7,10-12,15H,8-9,13H2,1-3H3,(H,24,26)(H,25,28). The maximum absolute atomic E-state index is 12.1. The van der Waals surface area contributed by atoms with Crippen molar-refractivity contribution in [3.8, 4) is 17.1 Å². The highest BCUT2D eigenvalue weighted by atomic mass is 16.5. The van der Waals surface area contributed by atoms with E-state index in [1.54, 1.807) is 24.4 Å². The molecule has 4 rings (SSSR count). The number of carbonyl (C=O) groups excluding carboxylic acids is 1. The highest BCUT2D eigenvalue weighted by molar-refractivity contribution is 5.94. The maximum atomic E-state index is 12.1. The molecule has 1 aliphatic rings. The van der Waals surface area contributed by atoms with Crippen LogP contribution < -0.4 is 20.3 Å². The molecule has 1 fully saturated rings. The largest absolute Gasteiger partial charge is 0.491 e. The van der Waals surface area contributed by atoms with E-state index in [9.17, 15) is 4.79 Å². The minimum Gasteiger partial charge on any atom is -0.491 e. The molecule has 31 heavy (non-hydrogen) atoms. The molecule has 1 unspecified atom stereocenters. The Morgan fingerprint density at radius 2 is 2.13 bits per heavy atom. The van der Waals surface area contributed by atoms with Gasteiger partial charge in [0.2, 0.25) is 0 Å². The van der Waals surface area contributed by atoms with Crippen LogP contribution in [0.1, 0.15) is 12.5 Å². The zero-order valence-electron chi connectivity index (χ0n) is 17.7. The number of pyridine rings is 1. The van der Waals surface area contributed by atoms with Gasteiger partial charge in [-0.2, -0.15) is 0 Å². The fraction of sp³-hybridized carbons (Fsp3) is 0.318. The molecule has 2 N–H and O–H groups in total. The summed E-state index contributed by atoms with van der Waals surface area (Å²) in [6.07, 6.45) is 3.30. The first-order valence-corrected chi connectivity index (χ1v) is 10.0. The number of ether oxygens (including phenoxy) is 2. The minimum atomic E-state index is -0.153. The van der Waals surface area contributed by atoms with Crippen LogP contribution in [0.15, 0.2) is 47.1 Å². The molecule has 1 aromatic carbocycles. The number of oxazole rings is 1. The number of hydrogen-bond donors (Lipinski definition) is 2. The number of urea groups is 1. The number of rotatable bonds is 8. The molecule has 9 heteroatoms. The monoisotopic (exact) mass is 423 g/mol. The number of nitrogens with zero attached hydrogens (tertiary/aromatic N) is 3. The number of nitrogens with one attached hydrogen (secondary N) is 2. The van der Waals surface area contributed by atoms with E-state index in [0.29, 0.717) is 37.4 Å². The van der Waals surface area contributed by atoms with E-state index >= 15 is 0 Å². The van der Waals surface area contributed by atoms with Crippen molar-refractivity contribution < 1.29 is 18.7 Å². The lowest BCUT2D eigenvalue weighted by molar-refractivity contribution is 0.146. The van der Waals surface area contributed by atoms with Crippen molar-refractivity contribution in [2.45, 2.75) is 19.9 Å². The zero-order valence-corrected chi connectivity index (χ0v) is 17.7. The van der Waals surface area contributed by atoms with Gasteiger partial charge < -0.3 is 24.5 Å². The van der Waals surface area contributed by atoms with Gasteiger partial charge in [-0.05, 0) is 37.6 Å². The van der Waals surface area contributed by atoms with Crippen molar-refractivity contribution >= 4 is 23.6 Å². The lowest BCUT2D eigenvalue weighted by Gasteiger charge is -2.13. The number of hydrogen-bond acceptors (Lipinski definition) is 7. The number of carbonyl (C=O) groups is 1. The van der Waals surface area contributed by atoms with E-state index in [4.69, 9.17) is 13.9 Å². The molecule has 0 radical (unpaired) electrons. The first-order chi connectivity index (χ1) is 15.0. The SMILES string of the molecule is COCCOc1ccc(C)c(Nc2ncc(-c3ccnc(N4CC(C)NC4=O)c3)o2)c1. The Hall–Kier alpha value is -3.59. The van der Waals surface area contributed by atoms with Crippen LogP contribution in [0, 0.1) is 6.92 Å². The summed E-state index contributed by atoms with van der Waals surface area (Å²) < 4.78 is 16.6. The first kappa shape index (κ1) is 20.7. The number of benzene rings is 1. The second-order valence-corrected chi connectivity index (χ2v) is 7.34. The van der Waals surface area contributed by atoms with Crippen molar-refractivity contribution in [3.05, 3.63) is 48.3 Å². The maximum Gasteiger partial charge on any atom is 0.323 e. The molecule has 162 valence electrons. The number of anilines is 3. The normalized spacial score (nSPS) is 15.8. The molecule has 2 amide bonds. The molecular formula is C22H25N5O4. The molecule has 1 aliphatic heterocycles. The lowest BCUT2D eigenvalue weighted by Crippen LogP contribution is -2.28. The Morgan fingerprint density at radius 1 is 1.26 bits per heavy atom. The van der Waals surface area contributed by atoms with Gasteiger partial charge >= 0.3 is 6.03 Å². The third-order valence-electron chi connectivity index (χ3n) is 4.89. The molecule has 0 bridgehead atoms. The first-order valence-electron chi connectivity index (χ1n) is 10.0. The summed E-state index contributed by atoms with van der Waals surface area (Å²) in [5, 5.41) is 6.06. The summed E-state index contributed by atoms with van der Waals surface area (Å²) in [6, 6.07) is 9.69. The van der Waals surface area contributed by atoms with E-state index in [0.717, 1.165) is 22.6 Å². The predicted molar refractivity (Wildman–Crippen MR) is 117 cm³/mol. The molecule has 0 saturated carbocycles. The number of aryl methyl sites for hydroxylation is 1. The highest BCUT2D eigenvalue weighted by Gasteiger charge is 2.28. The molecule has 0 spiro atoms. The van der Waals surface area contributed by atoms with Crippen LogP contribution >= 0.6 is 0 Å². The quantitative estimate of drug-likeness (QED) is 0.532. The smallest absolute Gasteiger partial charge is 0.323 e. The van der Waals surface area contributed by atoms with Gasteiger partial charge in [0.25, 0.3) is 6.01 Å². The Balaban J connectivity index is 1.50. The fourth-order valence-electron chi connectivity index (χ4n) is 3.26. The molecule has 0 aliphatic carbocycles. The second-order valence-electron chi connectivity index (χ2n) is 7.34. The predicted octanol–water partition coefficient (Wildman–Crippen LogP) is 3.73. The molecule has 3 aromatic rings. The van der Waals surface area contributed by atoms with E-state index in [2.05, 4.69) is 20.6 Å². The van der Waals surface area contributed by atoms with E-state index < -0.39 is 0 Å². The van der Waals surface area contributed by atoms with Crippen LogP contribution in [0.5, 0.6) is 5.75 Å². The Bertz CT molecular complexity index is 1070. The van der Waals surface area contributed by atoms with Gasteiger partial charge in [0.15, 0.2) is 5.76 Å². The average Bonchev–Trinajstić information content (AvgIpc) is 3.36. The Morgan fingerprint density at radius 3 is 2.90 bits per heavy atom. The van der Waals surface area contributed by atoms with Gasteiger partial charge in [-0.3, -0.25) is 4.90 Å². The van der Waals surface area contributed by atoms with Crippen LogP contribution in [-0.2, 0) is 4.74 Å². The summed E-state index contributed by atoms with van der Waals surface area (Å²) in [5.41, 5.74) is 2.65. The van der Waals surface area contributed by atoms with Crippen LogP contribution in [0.3, 0.4) is 0 Å². The van der Waals surface area contributed by atoms with Gasteiger partial charge in [0, 0.05) is 43.2 Å². The molecule has 2 aromatic heterocycles. The van der Waals surface area contributed by atoms with Gasteiger partial charge in [-0.15, -0.1) is 0 Å². The average molecular weight is 423 g/mol. The molecule has 3 heterocycles. The van der Waals surface area contributed by atoms with Crippen LogP contribution in [0.2, 0.25) is 0 Å². The van der Waals surface area contributed by atoms with E-state index in [1.807, 2.05) is 44.2 Å². The summed E-state index contributed by atoms with van der Waals surface area (Å²) in [6.45, 7) is 5.50. The van der Waals surface area contributed by atoms with Crippen molar-refractivity contribution in [1.29, 1.82) is 0 Å². The minimum absolute atomic E-state index is 0.0801. The molecule has 1 atom stereocenters. The third-order valence-corrected chi connectivity index (χ3v) is 4.89. The Kier molecular flexibility index (Phi) is 6.03. The summed E-state index contributed by atoms with van der Waals surface area (Å²) in [7, 11) is 1.64. The molecule has 9 nitrogen and oxygen atoms in total. The van der Waals surface area contributed by atoms with Gasteiger partial charge in [0.05, 0.1) is 12.8 Å². The van der Waals surface area contributed by atoms with E-state index in [-0.39, 0.29) is 12.1 Å². The van der Waals surface area contributed by atoms with Crippen molar-refractivity contribution in [3.63, 3.8) is 0 Å². The topological polar surface area (TPSA) is 102 Å². The lowest BCUT2D eigenvalue weighted by atomic mass is 10.2. The van der Waals surface area contributed by atoms with Crippen molar-refractivity contribution in [2.24, 2.45) is 0 Å². The van der Waals surface area contributed by atoms with Crippen LogP contribution in [0.4, 0.5) is 22.3 Å². The number of aromatic nitrogens is 2. The number of amides is 2. The summed E-state index contributed by atoms with van der Waals surface area (Å²) >= 11 is 0. The highest BCUT2D eigenvalue weighted by Crippen LogP contribution is 2.29. The van der Waals surface area contributed by atoms with Crippen LogP contribution in [-0.4, -0.2) is 48.9 Å². The van der Waals surface area contributed by atoms with Crippen molar-refractivity contribution in [1.82, 2.24) is 15.3 Å². The second kappa shape index (κ2) is 9.05. The summed E-state index contributed by atoms with van der Waals surface area (Å²) in [5.74, 6) is 1.87. The molecule has 1 saturated heterocycles. The van der Waals surface area contributed by atoms with Gasteiger partial charge in [-0.25, -0.2) is 14.8 Å². The Labute approximate surface area is 180 Å².